The highest BCUT2D eigenvalue weighted by Gasteiger charge is 2.45. The minimum Gasteiger partial charge on any atom is -0.253 e. The highest BCUT2D eigenvalue weighted by Crippen LogP contribution is 2.48. The number of hydrogen-bond acceptors (Lipinski definition) is 2. The zero-order valence-corrected chi connectivity index (χ0v) is 9.78. The third kappa shape index (κ3) is 1.16. The maximum absolute atomic E-state index is 7.98. The summed E-state index contributed by atoms with van der Waals surface area (Å²) in [6.07, 6.45) is 1.10. The molecule has 1 aliphatic heterocycles. The Morgan fingerprint density at radius 1 is 1.43 bits per heavy atom. The summed E-state index contributed by atoms with van der Waals surface area (Å²) in [5.74, 6) is 0.564. The van der Waals surface area contributed by atoms with E-state index in [9.17, 15) is 0 Å². The van der Waals surface area contributed by atoms with Crippen LogP contribution >= 0.6 is 15.9 Å². The summed E-state index contributed by atoms with van der Waals surface area (Å²) in [4.78, 5) is 0.880. The van der Waals surface area contributed by atoms with E-state index < -0.39 is 9.81 Å². The summed E-state index contributed by atoms with van der Waals surface area (Å²) in [7, 11) is -2.25. The van der Waals surface area contributed by atoms with Crippen molar-refractivity contribution in [1.82, 2.24) is 4.72 Å². The van der Waals surface area contributed by atoms with Crippen molar-refractivity contribution in [2.24, 2.45) is 0 Å². The zero-order valence-electron chi connectivity index (χ0n) is 7.38. The average molecular weight is 272 g/mol. The van der Waals surface area contributed by atoms with E-state index in [2.05, 4.69) is 26.7 Å². The topological polar surface area (TPSA) is 59.7 Å². The molecular weight excluding hydrogens is 262 g/mol. The predicted molar refractivity (Wildman–Crippen MR) is 59.5 cm³/mol. The van der Waals surface area contributed by atoms with Crippen LogP contribution in [0.3, 0.4) is 0 Å². The van der Waals surface area contributed by atoms with Crippen LogP contribution in [0.25, 0.3) is 0 Å². The number of fused-ring (bicyclic) bond motifs is 3. The van der Waals surface area contributed by atoms with Crippen LogP contribution in [0.15, 0.2) is 27.6 Å². The first-order valence-corrected chi connectivity index (χ1v) is 6.90. The molecule has 14 heavy (non-hydrogen) atoms. The van der Waals surface area contributed by atoms with Crippen LogP contribution in [0.4, 0.5) is 0 Å². The Bertz CT molecular complexity index is 509. The lowest BCUT2D eigenvalue weighted by Gasteiger charge is -2.21. The molecule has 74 valence electrons. The van der Waals surface area contributed by atoms with E-state index in [0.29, 0.717) is 12.0 Å². The van der Waals surface area contributed by atoms with Crippen LogP contribution in [-0.2, 0) is 9.81 Å². The summed E-state index contributed by atoms with van der Waals surface area (Å²) in [5, 5.41) is 0. The van der Waals surface area contributed by atoms with Gasteiger partial charge in [-0.3, -0.25) is 9.56 Å². The molecule has 0 spiro atoms. The molecule has 0 aromatic heterocycles. The van der Waals surface area contributed by atoms with Gasteiger partial charge >= 0.3 is 0 Å². The lowest BCUT2D eigenvalue weighted by atomic mass is 10.1. The average Bonchev–Trinajstić information content (AvgIpc) is 2.82. The SMILES string of the molecule is N=S1(=N)NC2CC2c2ccc(Br)cc21. The van der Waals surface area contributed by atoms with E-state index in [4.69, 9.17) is 9.56 Å². The number of hydrogen-bond donors (Lipinski definition) is 3. The zero-order chi connectivity index (χ0) is 9.92. The lowest BCUT2D eigenvalue weighted by molar-refractivity contribution is 0.857. The molecule has 1 fully saturated rings. The Balaban J connectivity index is 2.30. The van der Waals surface area contributed by atoms with E-state index >= 15 is 0 Å². The molecule has 2 unspecified atom stereocenters. The molecule has 3 N–H and O–H groups in total. The third-order valence-electron chi connectivity index (χ3n) is 2.82. The number of rotatable bonds is 0. The maximum atomic E-state index is 7.98. The number of benzene rings is 1. The molecule has 1 aliphatic carbocycles. The van der Waals surface area contributed by atoms with Crippen LogP contribution in [0.2, 0.25) is 0 Å². The van der Waals surface area contributed by atoms with Gasteiger partial charge in [0.1, 0.15) is 0 Å². The molecule has 1 saturated carbocycles. The van der Waals surface area contributed by atoms with Gasteiger partial charge in [-0.05, 0) is 24.1 Å². The van der Waals surface area contributed by atoms with Crippen molar-refractivity contribution in [1.29, 1.82) is 9.56 Å². The Morgan fingerprint density at radius 2 is 2.21 bits per heavy atom. The summed E-state index contributed by atoms with van der Waals surface area (Å²) < 4.78 is 20.0. The summed E-state index contributed by atoms with van der Waals surface area (Å²) >= 11 is 3.39. The molecule has 3 nitrogen and oxygen atoms in total. The fourth-order valence-electron chi connectivity index (χ4n) is 2.04. The molecule has 2 aliphatic rings. The highest BCUT2D eigenvalue weighted by atomic mass is 79.9. The summed E-state index contributed by atoms with van der Waals surface area (Å²) in [6, 6.07) is 6.39. The van der Waals surface area contributed by atoms with Crippen LogP contribution < -0.4 is 4.72 Å². The summed E-state index contributed by atoms with van der Waals surface area (Å²) in [6.45, 7) is 0. The molecule has 1 aromatic carbocycles. The lowest BCUT2D eigenvalue weighted by Crippen LogP contribution is -2.29. The minimum atomic E-state index is -2.25. The predicted octanol–water partition coefficient (Wildman–Crippen LogP) is 2.86. The fourth-order valence-corrected chi connectivity index (χ4v) is 4.27. The van der Waals surface area contributed by atoms with Crippen molar-refractivity contribution in [3.05, 3.63) is 28.2 Å². The Labute approximate surface area is 91.6 Å². The quantitative estimate of drug-likeness (QED) is 0.668. The van der Waals surface area contributed by atoms with Gasteiger partial charge in [0.05, 0.1) is 0 Å². The van der Waals surface area contributed by atoms with E-state index in [0.717, 1.165) is 15.8 Å². The van der Waals surface area contributed by atoms with Gasteiger partial charge < -0.3 is 0 Å². The Morgan fingerprint density at radius 3 is 3.00 bits per heavy atom. The molecule has 2 atom stereocenters. The number of halogens is 1. The van der Waals surface area contributed by atoms with E-state index in [-0.39, 0.29) is 0 Å². The molecule has 0 radical (unpaired) electrons. The molecule has 5 heteroatoms. The van der Waals surface area contributed by atoms with Crippen molar-refractivity contribution >= 4 is 25.7 Å². The molecule has 1 aromatic rings. The van der Waals surface area contributed by atoms with Crippen LogP contribution in [-0.4, -0.2) is 6.04 Å². The van der Waals surface area contributed by atoms with Gasteiger partial charge in [0, 0.05) is 31.1 Å². The van der Waals surface area contributed by atoms with Gasteiger partial charge in [-0.2, -0.15) is 0 Å². The Kier molecular flexibility index (Phi) is 1.64. The standard InChI is InChI=1S/C9H10BrN3S/c10-5-1-2-6-7-4-8(7)13-14(11,12)9(6)3-5/h1-3,7-8H,4H2,(H3,11,12,13). The van der Waals surface area contributed by atoms with E-state index in [1.54, 1.807) is 0 Å². The Hall–Kier alpha value is -0.390. The smallest absolute Gasteiger partial charge is 0.0465 e. The van der Waals surface area contributed by atoms with Crippen molar-refractivity contribution in [3.63, 3.8) is 0 Å². The molecule has 1 heterocycles. The fraction of sp³-hybridized carbons (Fsp3) is 0.333. The molecule has 0 saturated heterocycles. The van der Waals surface area contributed by atoms with Crippen molar-refractivity contribution in [2.75, 3.05) is 0 Å². The normalized spacial score (nSPS) is 31.8. The first kappa shape index (κ1) is 8.88. The second-order valence-corrected chi connectivity index (χ2v) is 6.68. The van der Waals surface area contributed by atoms with Crippen molar-refractivity contribution in [2.45, 2.75) is 23.3 Å². The molecular formula is C9H10BrN3S. The molecule has 0 amide bonds. The minimum absolute atomic E-state index is 0.397. The molecule has 3 rings (SSSR count). The van der Waals surface area contributed by atoms with Gasteiger partial charge in [-0.1, -0.05) is 22.0 Å². The first-order chi connectivity index (χ1) is 6.58. The highest BCUT2D eigenvalue weighted by molar-refractivity contribution is 9.10. The van der Waals surface area contributed by atoms with Gasteiger partial charge in [-0.25, -0.2) is 4.72 Å². The van der Waals surface area contributed by atoms with Crippen molar-refractivity contribution in [3.8, 4) is 0 Å². The monoisotopic (exact) mass is 271 g/mol. The number of nitrogens with one attached hydrogen (secondary N) is 3. The second-order valence-electron chi connectivity index (χ2n) is 3.86. The van der Waals surface area contributed by atoms with Gasteiger partial charge in [0.15, 0.2) is 0 Å². The molecule has 0 bridgehead atoms. The summed E-state index contributed by atoms with van der Waals surface area (Å²) in [5.41, 5.74) is 1.22. The van der Waals surface area contributed by atoms with Gasteiger partial charge in [-0.15, -0.1) is 0 Å². The van der Waals surface area contributed by atoms with Crippen LogP contribution in [0.1, 0.15) is 17.9 Å². The largest absolute Gasteiger partial charge is 0.253 e. The second kappa shape index (κ2) is 2.59. The van der Waals surface area contributed by atoms with Crippen molar-refractivity contribution < 1.29 is 0 Å². The van der Waals surface area contributed by atoms with E-state index in [1.165, 1.54) is 5.56 Å². The van der Waals surface area contributed by atoms with Gasteiger partial charge in [0.2, 0.25) is 0 Å². The van der Waals surface area contributed by atoms with Crippen LogP contribution in [0, 0.1) is 9.56 Å². The van der Waals surface area contributed by atoms with Gasteiger partial charge in [0.25, 0.3) is 0 Å². The first-order valence-electron chi connectivity index (χ1n) is 4.47. The van der Waals surface area contributed by atoms with E-state index in [1.807, 2.05) is 12.1 Å². The van der Waals surface area contributed by atoms with Crippen LogP contribution in [0.5, 0.6) is 0 Å². The third-order valence-corrected chi connectivity index (χ3v) is 4.99. The maximum Gasteiger partial charge on any atom is 0.0465 e.